The third-order valence-corrected chi connectivity index (χ3v) is 2.68. The molecule has 1 aromatic heterocycles. The zero-order chi connectivity index (χ0) is 12.4. The van der Waals surface area contributed by atoms with E-state index in [0.29, 0.717) is 12.0 Å². The highest BCUT2D eigenvalue weighted by Gasteiger charge is 2.05. The van der Waals surface area contributed by atoms with Gasteiger partial charge in [-0.1, -0.05) is 17.7 Å². The Bertz CT molecular complexity index is 610. The smallest absolute Gasteiger partial charge is 0.267 e. The molecule has 2 rings (SSSR count). The summed E-state index contributed by atoms with van der Waals surface area (Å²) >= 11 is 5.68. The number of aromatic amines is 1. The summed E-state index contributed by atoms with van der Waals surface area (Å²) in [5.41, 5.74) is 1.86. The number of aromatic nitrogens is 2. The van der Waals surface area contributed by atoms with Crippen LogP contribution in [0.2, 0.25) is 5.02 Å². The Balaban J connectivity index is 2.34. The van der Waals surface area contributed by atoms with Crippen LogP contribution in [0.5, 0.6) is 0 Å². The number of benzene rings is 1. The van der Waals surface area contributed by atoms with Crippen molar-refractivity contribution in [2.24, 2.45) is 0 Å². The minimum atomic E-state index is -0.463. The van der Waals surface area contributed by atoms with Crippen molar-refractivity contribution in [1.82, 2.24) is 10.2 Å². The van der Waals surface area contributed by atoms with Crippen LogP contribution in [0.15, 0.2) is 29.1 Å². The van der Waals surface area contributed by atoms with Gasteiger partial charge in [0.25, 0.3) is 5.56 Å². The van der Waals surface area contributed by atoms with Gasteiger partial charge in [0.2, 0.25) is 0 Å². The molecule has 1 aromatic carbocycles. The first-order valence-electron chi connectivity index (χ1n) is 5.05. The summed E-state index contributed by atoms with van der Waals surface area (Å²) in [5, 5.41) is 6.25. The van der Waals surface area contributed by atoms with Gasteiger partial charge in [0.1, 0.15) is 5.82 Å². The van der Waals surface area contributed by atoms with Gasteiger partial charge in [-0.3, -0.25) is 4.79 Å². The molecule has 0 aliphatic heterocycles. The minimum absolute atomic E-state index is 0.0599. The Morgan fingerprint density at radius 1 is 1.41 bits per heavy atom. The molecule has 1 heterocycles. The first kappa shape index (κ1) is 11.8. The maximum Gasteiger partial charge on any atom is 0.267 e. The molecule has 0 unspecified atom stereocenters. The maximum atomic E-state index is 13.0. The maximum absolute atomic E-state index is 13.0. The zero-order valence-electron chi connectivity index (χ0n) is 9.13. The lowest BCUT2D eigenvalue weighted by atomic mass is 10.1. The standard InChI is InChI=1S/C12H10ClFN2O/c1-7-4-9(12(17)16-15-7)5-8-2-3-11(14)10(13)6-8/h2-4,6H,5H2,1H3,(H,16,17). The number of halogens is 2. The molecule has 0 radical (unpaired) electrons. The van der Waals surface area contributed by atoms with E-state index in [-0.39, 0.29) is 10.6 Å². The Kier molecular flexibility index (Phi) is 3.24. The average molecular weight is 253 g/mol. The summed E-state index contributed by atoms with van der Waals surface area (Å²) in [5.74, 6) is -0.463. The normalized spacial score (nSPS) is 10.5. The van der Waals surface area contributed by atoms with Crippen LogP contribution in [0.4, 0.5) is 4.39 Å². The fourth-order valence-electron chi connectivity index (χ4n) is 1.56. The molecule has 88 valence electrons. The van der Waals surface area contributed by atoms with Crippen molar-refractivity contribution in [3.05, 3.63) is 62.3 Å². The summed E-state index contributed by atoms with van der Waals surface area (Å²) in [4.78, 5) is 11.5. The van der Waals surface area contributed by atoms with Gasteiger partial charge in [-0.2, -0.15) is 5.10 Å². The van der Waals surface area contributed by atoms with E-state index in [1.54, 1.807) is 19.1 Å². The average Bonchev–Trinajstić information content (AvgIpc) is 2.29. The number of rotatable bonds is 2. The highest BCUT2D eigenvalue weighted by Crippen LogP contribution is 2.17. The summed E-state index contributed by atoms with van der Waals surface area (Å²) in [6, 6.07) is 6.12. The summed E-state index contributed by atoms with van der Waals surface area (Å²) in [7, 11) is 0. The molecule has 0 fully saturated rings. The van der Waals surface area contributed by atoms with E-state index in [0.717, 1.165) is 11.3 Å². The highest BCUT2D eigenvalue weighted by atomic mass is 35.5. The SMILES string of the molecule is Cc1cc(Cc2ccc(F)c(Cl)c2)c(=O)[nH]n1. The van der Waals surface area contributed by atoms with E-state index in [1.165, 1.54) is 12.1 Å². The molecule has 0 aliphatic rings. The van der Waals surface area contributed by atoms with Crippen molar-refractivity contribution in [1.29, 1.82) is 0 Å². The van der Waals surface area contributed by atoms with Crippen molar-refractivity contribution < 1.29 is 4.39 Å². The van der Waals surface area contributed by atoms with Crippen molar-refractivity contribution >= 4 is 11.6 Å². The topological polar surface area (TPSA) is 45.8 Å². The molecule has 5 heteroatoms. The lowest BCUT2D eigenvalue weighted by Crippen LogP contribution is -2.15. The number of nitrogens with one attached hydrogen (secondary N) is 1. The molecule has 0 spiro atoms. The number of hydrogen-bond acceptors (Lipinski definition) is 2. The van der Waals surface area contributed by atoms with Crippen molar-refractivity contribution in [2.75, 3.05) is 0 Å². The molecule has 0 saturated carbocycles. The van der Waals surface area contributed by atoms with E-state index in [4.69, 9.17) is 11.6 Å². The van der Waals surface area contributed by atoms with Gasteiger partial charge in [-0.25, -0.2) is 9.49 Å². The monoisotopic (exact) mass is 252 g/mol. The molecule has 0 atom stereocenters. The van der Waals surface area contributed by atoms with Crippen molar-refractivity contribution in [2.45, 2.75) is 13.3 Å². The molecule has 17 heavy (non-hydrogen) atoms. The summed E-state index contributed by atoms with van der Waals surface area (Å²) in [6.07, 6.45) is 0.401. The Hall–Kier alpha value is -1.68. The molecule has 0 bridgehead atoms. The first-order valence-corrected chi connectivity index (χ1v) is 5.43. The van der Waals surface area contributed by atoms with E-state index in [9.17, 15) is 9.18 Å². The Morgan fingerprint density at radius 2 is 2.18 bits per heavy atom. The quantitative estimate of drug-likeness (QED) is 0.892. The number of H-pyrrole nitrogens is 1. The number of nitrogens with zero attached hydrogens (tertiary/aromatic N) is 1. The summed E-state index contributed by atoms with van der Waals surface area (Å²) < 4.78 is 13.0. The van der Waals surface area contributed by atoms with Gasteiger partial charge >= 0.3 is 0 Å². The Morgan fingerprint density at radius 3 is 2.88 bits per heavy atom. The van der Waals surface area contributed by atoms with Crippen LogP contribution >= 0.6 is 11.6 Å². The van der Waals surface area contributed by atoms with E-state index >= 15 is 0 Å². The molecular weight excluding hydrogens is 243 g/mol. The lowest BCUT2D eigenvalue weighted by Gasteiger charge is -2.03. The van der Waals surface area contributed by atoms with Crippen LogP contribution in [0.25, 0.3) is 0 Å². The molecule has 3 nitrogen and oxygen atoms in total. The van der Waals surface area contributed by atoms with E-state index < -0.39 is 5.82 Å². The number of aryl methyl sites for hydroxylation is 1. The second-order valence-corrected chi connectivity index (χ2v) is 4.20. The fraction of sp³-hybridized carbons (Fsp3) is 0.167. The van der Waals surface area contributed by atoms with Crippen molar-refractivity contribution in [3.8, 4) is 0 Å². The van der Waals surface area contributed by atoms with Crippen LogP contribution in [-0.4, -0.2) is 10.2 Å². The van der Waals surface area contributed by atoms with Gasteiger partial charge < -0.3 is 0 Å². The zero-order valence-corrected chi connectivity index (χ0v) is 9.88. The molecule has 2 aromatic rings. The van der Waals surface area contributed by atoms with Crippen molar-refractivity contribution in [3.63, 3.8) is 0 Å². The number of hydrogen-bond donors (Lipinski definition) is 1. The van der Waals surface area contributed by atoms with Crippen LogP contribution in [0.1, 0.15) is 16.8 Å². The molecule has 0 amide bonds. The van der Waals surface area contributed by atoms with Crippen LogP contribution in [0.3, 0.4) is 0 Å². The molecule has 1 N–H and O–H groups in total. The molecule has 0 aliphatic carbocycles. The van der Waals surface area contributed by atoms with Crippen LogP contribution in [-0.2, 0) is 6.42 Å². The molecular formula is C12H10ClFN2O. The van der Waals surface area contributed by atoms with E-state index in [1.807, 2.05) is 0 Å². The predicted molar refractivity (Wildman–Crippen MR) is 63.8 cm³/mol. The van der Waals surface area contributed by atoms with Gasteiger partial charge in [-0.05, 0) is 30.7 Å². The van der Waals surface area contributed by atoms with Gasteiger partial charge in [-0.15, -0.1) is 0 Å². The van der Waals surface area contributed by atoms with Gasteiger partial charge in [0.15, 0.2) is 0 Å². The largest absolute Gasteiger partial charge is 0.268 e. The minimum Gasteiger partial charge on any atom is -0.268 e. The van der Waals surface area contributed by atoms with Crippen LogP contribution < -0.4 is 5.56 Å². The fourth-order valence-corrected chi connectivity index (χ4v) is 1.76. The second kappa shape index (κ2) is 4.67. The van der Waals surface area contributed by atoms with Gasteiger partial charge in [0, 0.05) is 12.0 Å². The lowest BCUT2D eigenvalue weighted by molar-refractivity contribution is 0.627. The Labute approximate surface area is 102 Å². The van der Waals surface area contributed by atoms with Crippen LogP contribution in [0, 0.1) is 12.7 Å². The summed E-state index contributed by atoms with van der Waals surface area (Å²) in [6.45, 7) is 1.79. The third kappa shape index (κ3) is 2.71. The second-order valence-electron chi connectivity index (χ2n) is 3.79. The van der Waals surface area contributed by atoms with Gasteiger partial charge in [0.05, 0.1) is 10.7 Å². The van der Waals surface area contributed by atoms with E-state index in [2.05, 4.69) is 10.2 Å². The predicted octanol–water partition coefficient (Wildman–Crippen LogP) is 2.46. The third-order valence-electron chi connectivity index (χ3n) is 2.39. The highest BCUT2D eigenvalue weighted by molar-refractivity contribution is 6.30. The molecule has 0 saturated heterocycles. The first-order chi connectivity index (χ1) is 8.06.